The van der Waals surface area contributed by atoms with Gasteiger partial charge in [0.25, 0.3) is 5.91 Å². The summed E-state index contributed by atoms with van der Waals surface area (Å²) in [6.45, 7) is 3.98. The molecule has 116 valence electrons. The Morgan fingerprint density at radius 1 is 1.33 bits per heavy atom. The summed E-state index contributed by atoms with van der Waals surface area (Å²) in [5.74, 6) is 0.852. The van der Waals surface area contributed by atoms with Crippen LogP contribution in [0.25, 0.3) is 0 Å². The lowest BCUT2D eigenvalue weighted by Gasteiger charge is -2.19. The molecule has 1 aromatic rings. The molecule has 1 aliphatic heterocycles. The zero-order valence-electron chi connectivity index (χ0n) is 12.6. The van der Waals surface area contributed by atoms with Gasteiger partial charge in [-0.2, -0.15) is 0 Å². The Hall–Kier alpha value is -0.360. The average Bonchev–Trinajstić information content (AvgIpc) is 2.69. The minimum Gasteiger partial charge on any atom is -0.272 e. The van der Waals surface area contributed by atoms with E-state index in [9.17, 15) is 4.79 Å². The quantitative estimate of drug-likeness (QED) is 0.437. The minimum absolute atomic E-state index is 0.0654. The summed E-state index contributed by atoms with van der Waals surface area (Å²) in [7, 11) is 1.97. The highest BCUT2D eigenvalue weighted by atomic mass is 35.5. The molecule has 1 unspecified atom stereocenters. The molecule has 0 spiro atoms. The molecule has 6 heteroatoms. The van der Waals surface area contributed by atoms with Crippen molar-refractivity contribution in [3.63, 3.8) is 0 Å². The van der Waals surface area contributed by atoms with Crippen LogP contribution in [0.15, 0.2) is 35.2 Å². The molecule has 0 radical (unpaired) electrons. The van der Waals surface area contributed by atoms with Crippen molar-refractivity contribution in [3.8, 4) is 0 Å². The van der Waals surface area contributed by atoms with Gasteiger partial charge in [0.15, 0.2) is 0 Å². The van der Waals surface area contributed by atoms with E-state index in [1.54, 1.807) is 11.8 Å². The van der Waals surface area contributed by atoms with Crippen molar-refractivity contribution in [1.82, 2.24) is 8.61 Å². The average molecular weight is 345 g/mol. The Kier molecular flexibility index (Phi) is 5.88. The minimum atomic E-state index is -0.252. The molecule has 1 atom stereocenters. The lowest BCUT2D eigenvalue weighted by molar-refractivity contribution is -0.127. The number of hydrogen-bond donors (Lipinski definition) is 0. The Morgan fingerprint density at radius 2 is 2.00 bits per heavy atom. The zero-order valence-corrected chi connectivity index (χ0v) is 15.0. The van der Waals surface area contributed by atoms with Crippen LogP contribution in [0.5, 0.6) is 0 Å². The SMILES string of the molecule is CN1SN(CSc2ccccc2)C(=O)C1CCC(C)(C)Cl. The van der Waals surface area contributed by atoms with Gasteiger partial charge in [-0.25, -0.2) is 4.31 Å². The van der Waals surface area contributed by atoms with Crippen LogP contribution < -0.4 is 0 Å². The van der Waals surface area contributed by atoms with Gasteiger partial charge in [-0.1, -0.05) is 18.2 Å². The Balaban J connectivity index is 1.87. The fourth-order valence-electron chi connectivity index (χ4n) is 2.10. The number of hydrogen-bond acceptors (Lipinski definition) is 4. The molecule has 3 nitrogen and oxygen atoms in total. The Bertz CT molecular complexity index is 478. The van der Waals surface area contributed by atoms with Gasteiger partial charge < -0.3 is 0 Å². The first-order valence-corrected chi connectivity index (χ1v) is 9.05. The number of carbonyl (C=O) groups is 1. The largest absolute Gasteiger partial charge is 0.272 e. The smallest absolute Gasteiger partial charge is 0.252 e. The number of amides is 1. The summed E-state index contributed by atoms with van der Waals surface area (Å²) in [5.41, 5.74) is 0. The lowest BCUT2D eigenvalue weighted by atomic mass is 10.0. The van der Waals surface area contributed by atoms with Gasteiger partial charge in [-0.15, -0.1) is 23.4 Å². The zero-order chi connectivity index (χ0) is 15.5. The monoisotopic (exact) mass is 344 g/mol. The van der Waals surface area contributed by atoms with E-state index in [1.165, 1.54) is 17.0 Å². The Morgan fingerprint density at radius 3 is 2.62 bits per heavy atom. The van der Waals surface area contributed by atoms with Gasteiger partial charge in [0, 0.05) is 29.0 Å². The van der Waals surface area contributed by atoms with Crippen molar-refractivity contribution in [3.05, 3.63) is 30.3 Å². The van der Waals surface area contributed by atoms with E-state index < -0.39 is 0 Å². The fraction of sp³-hybridized carbons (Fsp3) is 0.533. The van der Waals surface area contributed by atoms with Gasteiger partial charge in [0.1, 0.15) is 6.04 Å². The third-order valence-corrected chi connectivity index (χ3v) is 5.66. The predicted octanol–water partition coefficient (Wildman–Crippen LogP) is 4.24. The van der Waals surface area contributed by atoms with E-state index in [-0.39, 0.29) is 16.8 Å². The number of alkyl halides is 1. The summed E-state index contributed by atoms with van der Waals surface area (Å²) >= 11 is 9.42. The highest BCUT2D eigenvalue weighted by Gasteiger charge is 2.38. The molecular weight excluding hydrogens is 324 g/mol. The van der Waals surface area contributed by atoms with Crippen LogP contribution in [0.2, 0.25) is 0 Å². The molecule has 1 saturated heterocycles. The van der Waals surface area contributed by atoms with Crippen LogP contribution in [0, 0.1) is 0 Å². The van der Waals surface area contributed by atoms with Crippen molar-refractivity contribution in [2.24, 2.45) is 0 Å². The van der Waals surface area contributed by atoms with Crippen LogP contribution >= 0.6 is 35.5 Å². The van der Waals surface area contributed by atoms with Crippen molar-refractivity contribution >= 4 is 41.4 Å². The third-order valence-electron chi connectivity index (χ3n) is 3.30. The molecule has 0 aliphatic carbocycles. The second-order valence-corrected chi connectivity index (χ2v) is 8.93. The lowest BCUT2D eigenvalue weighted by Crippen LogP contribution is -2.32. The van der Waals surface area contributed by atoms with Crippen molar-refractivity contribution in [2.75, 3.05) is 12.9 Å². The Labute approximate surface area is 140 Å². The number of carbonyl (C=O) groups excluding carboxylic acids is 1. The molecule has 1 fully saturated rings. The first-order valence-electron chi connectivity index (χ1n) is 6.96. The van der Waals surface area contributed by atoms with Crippen molar-refractivity contribution in [2.45, 2.75) is 42.5 Å². The van der Waals surface area contributed by atoms with Gasteiger partial charge in [0.2, 0.25) is 0 Å². The molecule has 0 aromatic heterocycles. The summed E-state index contributed by atoms with van der Waals surface area (Å²) < 4.78 is 3.88. The summed E-state index contributed by atoms with van der Waals surface area (Å²) in [5, 5.41) is 0. The second-order valence-electron chi connectivity index (χ2n) is 5.70. The second kappa shape index (κ2) is 7.27. The van der Waals surface area contributed by atoms with E-state index >= 15 is 0 Å². The van der Waals surface area contributed by atoms with Crippen LogP contribution in [0.4, 0.5) is 0 Å². The molecule has 1 heterocycles. The number of likely N-dealkylation sites (N-methyl/N-ethyl adjacent to an activating group) is 1. The number of rotatable bonds is 6. The maximum absolute atomic E-state index is 12.5. The fourth-order valence-corrected chi connectivity index (χ4v) is 4.12. The molecule has 0 saturated carbocycles. The third kappa shape index (κ3) is 5.09. The van der Waals surface area contributed by atoms with Crippen LogP contribution in [0.1, 0.15) is 26.7 Å². The molecule has 2 rings (SSSR count). The first-order chi connectivity index (χ1) is 9.87. The maximum atomic E-state index is 12.5. The molecule has 1 aromatic carbocycles. The van der Waals surface area contributed by atoms with E-state index in [0.29, 0.717) is 5.88 Å². The molecule has 0 N–H and O–H groups in total. The molecule has 1 aliphatic rings. The van der Waals surface area contributed by atoms with Gasteiger partial charge >= 0.3 is 0 Å². The molecule has 0 bridgehead atoms. The van der Waals surface area contributed by atoms with Crippen LogP contribution in [-0.2, 0) is 4.79 Å². The normalized spacial score (nSPS) is 20.3. The van der Waals surface area contributed by atoms with Crippen molar-refractivity contribution < 1.29 is 4.79 Å². The highest BCUT2D eigenvalue weighted by Crippen LogP contribution is 2.34. The van der Waals surface area contributed by atoms with Gasteiger partial charge in [-0.05, 0) is 38.8 Å². The topological polar surface area (TPSA) is 23.6 Å². The standard InChI is InChI=1S/C15H21ClN2OS2/c1-15(2,16)10-9-13-14(19)18(21-17(13)3)11-20-12-7-5-4-6-8-12/h4-8,13H,9-11H2,1-3H3. The number of thioether (sulfide) groups is 1. The molecule has 21 heavy (non-hydrogen) atoms. The highest BCUT2D eigenvalue weighted by molar-refractivity contribution is 8.01. The van der Waals surface area contributed by atoms with E-state index in [1.807, 2.05) is 47.7 Å². The molecular formula is C15H21ClN2OS2. The van der Waals surface area contributed by atoms with E-state index in [0.717, 1.165) is 12.8 Å². The van der Waals surface area contributed by atoms with E-state index in [2.05, 4.69) is 12.1 Å². The van der Waals surface area contributed by atoms with Gasteiger partial charge in [0.05, 0.1) is 5.88 Å². The van der Waals surface area contributed by atoms with Crippen LogP contribution in [-0.4, -0.2) is 38.4 Å². The van der Waals surface area contributed by atoms with Crippen molar-refractivity contribution in [1.29, 1.82) is 0 Å². The number of halogens is 1. The van der Waals surface area contributed by atoms with Crippen LogP contribution in [0.3, 0.4) is 0 Å². The predicted molar refractivity (Wildman–Crippen MR) is 92.3 cm³/mol. The summed E-state index contributed by atoms with van der Waals surface area (Å²) in [6.07, 6.45) is 1.63. The van der Waals surface area contributed by atoms with Gasteiger partial charge in [-0.3, -0.25) is 9.10 Å². The summed E-state index contributed by atoms with van der Waals surface area (Å²) in [4.78, 5) is 13.4. The summed E-state index contributed by atoms with van der Waals surface area (Å²) in [6, 6.07) is 10.1. The first kappa shape index (κ1) is 17.0. The number of nitrogens with zero attached hydrogens (tertiary/aromatic N) is 2. The maximum Gasteiger partial charge on any atom is 0.252 e. The molecule has 1 amide bonds. The number of benzene rings is 1. The van der Waals surface area contributed by atoms with E-state index in [4.69, 9.17) is 11.6 Å².